The Kier molecular flexibility index (Phi) is 4.14. The van der Waals surface area contributed by atoms with Crippen LogP contribution in [0.3, 0.4) is 0 Å². The molecule has 0 spiro atoms. The number of alkyl halides is 3. The second-order valence-corrected chi connectivity index (χ2v) is 4.99. The van der Waals surface area contributed by atoms with Crippen LogP contribution in [0.5, 0.6) is 5.75 Å². The van der Waals surface area contributed by atoms with Crippen LogP contribution in [-0.4, -0.2) is 21.1 Å². The number of halogens is 3. The number of aromatic nitrogens is 2. The van der Waals surface area contributed by atoms with E-state index in [1.165, 1.54) is 29.1 Å². The molecule has 0 aliphatic carbocycles. The van der Waals surface area contributed by atoms with E-state index in [1.807, 2.05) is 0 Å². The Morgan fingerprint density at radius 3 is 2.40 bits per heavy atom. The van der Waals surface area contributed by atoms with Crippen molar-refractivity contribution in [2.75, 3.05) is 0 Å². The summed E-state index contributed by atoms with van der Waals surface area (Å²) in [5.74, 6) is -0.345. The highest BCUT2D eigenvalue weighted by Gasteiger charge is 2.31. The van der Waals surface area contributed by atoms with Crippen molar-refractivity contribution in [3.8, 4) is 22.6 Å². The van der Waals surface area contributed by atoms with Crippen LogP contribution in [0.25, 0.3) is 16.8 Å². The largest absolute Gasteiger partial charge is 0.573 e. The lowest BCUT2D eigenvalue weighted by Crippen LogP contribution is -2.17. The van der Waals surface area contributed by atoms with Gasteiger partial charge in [0.15, 0.2) is 0 Å². The summed E-state index contributed by atoms with van der Waals surface area (Å²) in [6, 6.07) is 11.3. The number of hydrogen-bond acceptors (Lipinski definition) is 4. The molecule has 0 unspecified atom stereocenters. The van der Waals surface area contributed by atoms with Crippen LogP contribution in [0.1, 0.15) is 0 Å². The maximum atomic E-state index is 12.2. The molecule has 0 saturated heterocycles. The molecule has 0 amide bonds. The van der Waals surface area contributed by atoms with Crippen molar-refractivity contribution >= 4 is 5.69 Å². The number of rotatable bonds is 4. The summed E-state index contributed by atoms with van der Waals surface area (Å²) in [6.07, 6.45) is -1.75. The summed E-state index contributed by atoms with van der Waals surface area (Å²) in [6.45, 7) is 0. The number of nitro groups is 1. The van der Waals surface area contributed by atoms with E-state index >= 15 is 0 Å². The zero-order chi connectivity index (χ0) is 18.0. The van der Waals surface area contributed by atoms with Gasteiger partial charge in [0.2, 0.25) is 0 Å². The van der Waals surface area contributed by atoms with Crippen molar-refractivity contribution < 1.29 is 22.8 Å². The van der Waals surface area contributed by atoms with Crippen molar-refractivity contribution in [3.05, 3.63) is 71.0 Å². The Balaban J connectivity index is 1.88. The van der Waals surface area contributed by atoms with Crippen molar-refractivity contribution in [1.82, 2.24) is 9.78 Å². The minimum Gasteiger partial charge on any atom is -0.406 e. The molecule has 3 aromatic rings. The first-order valence-electron chi connectivity index (χ1n) is 6.98. The standard InChI is InChI=1S/C16H10F3N3O3/c17-16(18,19)25-13-7-5-12(6-8-13)21-10-11(9-20-21)14-3-1-2-4-15(14)22(23)24/h1-10H. The fraction of sp³-hybridized carbons (Fsp3) is 0.0625. The molecule has 1 heterocycles. The van der Waals surface area contributed by atoms with Crippen LogP contribution in [-0.2, 0) is 0 Å². The van der Waals surface area contributed by atoms with Gasteiger partial charge in [-0.25, -0.2) is 4.68 Å². The molecule has 128 valence electrons. The zero-order valence-corrected chi connectivity index (χ0v) is 12.5. The van der Waals surface area contributed by atoms with E-state index in [0.29, 0.717) is 16.8 Å². The molecule has 0 aliphatic heterocycles. The number of hydrogen-bond donors (Lipinski definition) is 0. The van der Waals surface area contributed by atoms with E-state index in [2.05, 4.69) is 9.84 Å². The first-order chi connectivity index (χ1) is 11.8. The molecular weight excluding hydrogens is 339 g/mol. The predicted octanol–water partition coefficient (Wildman–Crippen LogP) is 4.35. The molecule has 0 N–H and O–H groups in total. The molecule has 6 nitrogen and oxygen atoms in total. The van der Waals surface area contributed by atoms with E-state index in [0.717, 1.165) is 12.1 Å². The van der Waals surface area contributed by atoms with E-state index in [1.54, 1.807) is 24.4 Å². The van der Waals surface area contributed by atoms with Crippen molar-refractivity contribution in [2.45, 2.75) is 6.36 Å². The number of nitro benzene ring substituents is 1. The smallest absolute Gasteiger partial charge is 0.406 e. The van der Waals surface area contributed by atoms with Crippen LogP contribution >= 0.6 is 0 Å². The van der Waals surface area contributed by atoms with Crippen LogP contribution in [0, 0.1) is 10.1 Å². The van der Waals surface area contributed by atoms with Gasteiger partial charge in [-0.05, 0) is 30.3 Å². The van der Waals surface area contributed by atoms with Crippen LogP contribution in [0.4, 0.5) is 18.9 Å². The highest BCUT2D eigenvalue weighted by Crippen LogP contribution is 2.30. The average Bonchev–Trinajstić information content (AvgIpc) is 3.04. The quantitative estimate of drug-likeness (QED) is 0.519. The second-order valence-electron chi connectivity index (χ2n) is 4.99. The third-order valence-electron chi connectivity index (χ3n) is 3.33. The zero-order valence-electron chi connectivity index (χ0n) is 12.5. The van der Waals surface area contributed by atoms with Gasteiger partial charge in [0.05, 0.1) is 22.4 Å². The molecule has 0 fully saturated rings. The Morgan fingerprint density at radius 1 is 1.08 bits per heavy atom. The normalized spacial score (nSPS) is 11.3. The molecule has 1 aromatic heterocycles. The molecule has 0 radical (unpaired) electrons. The van der Waals surface area contributed by atoms with Gasteiger partial charge in [0.25, 0.3) is 5.69 Å². The fourth-order valence-corrected chi connectivity index (χ4v) is 2.28. The lowest BCUT2D eigenvalue weighted by molar-refractivity contribution is -0.384. The van der Waals surface area contributed by atoms with E-state index < -0.39 is 11.3 Å². The number of para-hydroxylation sites is 1. The Bertz CT molecular complexity index is 905. The number of ether oxygens (including phenoxy) is 1. The minimum atomic E-state index is -4.76. The van der Waals surface area contributed by atoms with Gasteiger partial charge >= 0.3 is 6.36 Å². The maximum Gasteiger partial charge on any atom is 0.573 e. The summed E-state index contributed by atoms with van der Waals surface area (Å²) in [5, 5.41) is 15.2. The predicted molar refractivity (Wildman–Crippen MR) is 82.3 cm³/mol. The average molecular weight is 349 g/mol. The highest BCUT2D eigenvalue weighted by molar-refractivity contribution is 5.72. The minimum absolute atomic E-state index is 0.0593. The number of benzene rings is 2. The lowest BCUT2D eigenvalue weighted by Gasteiger charge is -2.09. The molecular formula is C16H10F3N3O3. The second kappa shape index (κ2) is 6.27. The summed E-state index contributed by atoms with van der Waals surface area (Å²) < 4.78 is 41.7. The van der Waals surface area contributed by atoms with Crippen molar-refractivity contribution in [2.24, 2.45) is 0 Å². The van der Waals surface area contributed by atoms with E-state index in [-0.39, 0.29) is 11.4 Å². The molecule has 9 heteroatoms. The summed E-state index contributed by atoms with van der Waals surface area (Å²) >= 11 is 0. The van der Waals surface area contributed by atoms with E-state index in [4.69, 9.17) is 0 Å². The maximum absolute atomic E-state index is 12.2. The van der Waals surface area contributed by atoms with Crippen molar-refractivity contribution in [1.29, 1.82) is 0 Å². The molecule has 0 saturated carbocycles. The third kappa shape index (κ3) is 3.77. The molecule has 0 atom stereocenters. The van der Waals surface area contributed by atoms with Crippen LogP contribution in [0.15, 0.2) is 60.9 Å². The van der Waals surface area contributed by atoms with E-state index in [9.17, 15) is 23.3 Å². The number of nitrogens with zero attached hydrogens (tertiary/aromatic N) is 3. The van der Waals surface area contributed by atoms with Gasteiger partial charge in [-0.1, -0.05) is 12.1 Å². The lowest BCUT2D eigenvalue weighted by atomic mass is 10.1. The first kappa shape index (κ1) is 16.5. The molecule has 3 rings (SSSR count). The highest BCUT2D eigenvalue weighted by atomic mass is 19.4. The Morgan fingerprint density at radius 2 is 1.76 bits per heavy atom. The van der Waals surface area contributed by atoms with Gasteiger partial charge in [-0.15, -0.1) is 13.2 Å². The SMILES string of the molecule is O=[N+]([O-])c1ccccc1-c1cnn(-c2ccc(OC(F)(F)F)cc2)c1. The Hall–Kier alpha value is -3.36. The fourth-order valence-electron chi connectivity index (χ4n) is 2.28. The summed E-state index contributed by atoms with van der Waals surface area (Å²) in [7, 11) is 0. The molecule has 0 aliphatic rings. The van der Waals surface area contributed by atoms with Gasteiger partial charge < -0.3 is 4.74 Å². The van der Waals surface area contributed by atoms with Gasteiger partial charge in [0, 0.05) is 17.8 Å². The van der Waals surface area contributed by atoms with Crippen molar-refractivity contribution in [3.63, 3.8) is 0 Å². The van der Waals surface area contributed by atoms with Gasteiger partial charge in [0.1, 0.15) is 5.75 Å². The monoisotopic (exact) mass is 349 g/mol. The summed E-state index contributed by atoms with van der Waals surface area (Å²) in [4.78, 5) is 10.6. The topological polar surface area (TPSA) is 70.2 Å². The van der Waals surface area contributed by atoms with Crippen LogP contribution < -0.4 is 4.74 Å². The van der Waals surface area contributed by atoms with Gasteiger partial charge in [-0.2, -0.15) is 5.10 Å². The van der Waals surface area contributed by atoms with Gasteiger partial charge in [-0.3, -0.25) is 10.1 Å². The molecule has 25 heavy (non-hydrogen) atoms. The summed E-state index contributed by atoms with van der Waals surface area (Å²) in [5.41, 5.74) is 1.34. The molecule has 2 aromatic carbocycles. The van der Waals surface area contributed by atoms with Crippen LogP contribution in [0.2, 0.25) is 0 Å². The Labute approximate surface area is 139 Å². The molecule has 0 bridgehead atoms. The first-order valence-corrected chi connectivity index (χ1v) is 6.98. The third-order valence-corrected chi connectivity index (χ3v) is 3.33.